The van der Waals surface area contributed by atoms with Crippen LogP contribution in [0.2, 0.25) is 0 Å². The van der Waals surface area contributed by atoms with Crippen LogP contribution in [0.4, 0.5) is 16.4 Å². The molecule has 0 bridgehead atoms. The van der Waals surface area contributed by atoms with Gasteiger partial charge >= 0.3 is 6.09 Å². The van der Waals surface area contributed by atoms with Gasteiger partial charge in [0.25, 0.3) is 11.8 Å². The van der Waals surface area contributed by atoms with Crippen LogP contribution in [-0.4, -0.2) is 93.7 Å². The second-order valence-electron chi connectivity index (χ2n) is 11.7. The molecular weight excluding hydrogens is 546 g/mol. The van der Waals surface area contributed by atoms with Crippen molar-refractivity contribution >= 4 is 35.0 Å². The van der Waals surface area contributed by atoms with E-state index < -0.39 is 17.2 Å². The van der Waals surface area contributed by atoms with Gasteiger partial charge in [-0.25, -0.2) is 14.8 Å². The summed E-state index contributed by atoms with van der Waals surface area (Å²) >= 11 is 1.58. The third-order valence-corrected chi connectivity index (χ3v) is 8.54. The van der Waals surface area contributed by atoms with Gasteiger partial charge in [-0.1, -0.05) is 0 Å². The summed E-state index contributed by atoms with van der Waals surface area (Å²) in [6.45, 7) is 16.2. The first-order chi connectivity index (χ1) is 19.4. The molecule has 0 saturated carbocycles. The monoisotopic (exact) mass is 583 g/mol. The number of amides is 1. The Morgan fingerprint density at radius 3 is 2.61 bits per heavy atom. The number of hydrogen-bond acceptors (Lipinski definition) is 11. The number of anilines is 2. The molecule has 41 heavy (non-hydrogen) atoms. The average Bonchev–Trinajstić information content (AvgIpc) is 3.58. The van der Waals surface area contributed by atoms with Gasteiger partial charge in [0.2, 0.25) is 5.95 Å². The van der Waals surface area contributed by atoms with E-state index in [9.17, 15) is 9.59 Å². The third kappa shape index (κ3) is 5.92. The minimum atomic E-state index is -0.671. The molecule has 2 aliphatic rings. The van der Waals surface area contributed by atoms with Crippen molar-refractivity contribution in [3.63, 3.8) is 0 Å². The number of methoxy groups -OCH3 is 1. The fourth-order valence-corrected chi connectivity index (χ4v) is 6.28. The number of thiophene rings is 1. The Labute approximate surface area is 243 Å². The first-order valence-corrected chi connectivity index (χ1v) is 14.4. The van der Waals surface area contributed by atoms with Crippen molar-refractivity contribution < 1.29 is 23.8 Å². The van der Waals surface area contributed by atoms with Gasteiger partial charge in [-0.2, -0.15) is 4.68 Å². The number of fused-ring (bicyclic) bond motifs is 1. The standard InChI is InChI=1S/C28H37N7O5S/c1-17-15-29-25(30-19-16-35(32-23(19)38-7)26(37)40-27(2,3)4)31-21(17)20-14-18-22(41-20)28(5,6)34(24(18)36)9-8-33-10-12-39-13-11-33/h14-16H,8-13H2,1-7H3,(H,29,30,31). The Hall–Kier alpha value is -3.55. The maximum atomic E-state index is 13.5. The van der Waals surface area contributed by atoms with E-state index in [1.54, 1.807) is 38.3 Å². The molecule has 3 aromatic rings. The molecule has 0 aromatic carbocycles. The van der Waals surface area contributed by atoms with Crippen LogP contribution in [0, 0.1) is 6.92 Å². The molecule has 0 spiro atoms. The van der Waals surface area contributed by atoms with Gasteiger partial charge in [-0.3, -0.25) is 9.69 Å². The predicted octanol–water partition coefficient (Wildman–Crippen LogP) is 4.27. The minimum Gasteiger partial charge on any atom is -0.478 e. The molecule has 5 rings (SSSR count). The summed E-state index contributed by atoms with van der Waals surface area (Å²) in [5.41, 5.74) is 1.65. The number of nitrogens with one attached hydrogen (secondary N) is 1. The highest BCUT2D eigenvalue weighted by Crippen LogP contribution is 2.46. The molecular formula is C28H37N7O5S. The summed E-state index contributed by atoms with van der Waals surface area (Å²) in [5.74, 6) is 0.547. The maximum absolute atomic E-state index is 13.5. The van der Waals surface area contributed by atoms with Crippen LogP contribution in [0.5, 0.6) is 5.88 Å². The number of ether oxygens (including phenoxy) is 3. The van der Waals surface area contributed by atoms with Gasteiger partial charge in [0.1, 0.15) is 11.3 Å². The molecule has 220 valence electrons. The molecule has 1 N–H and O–H groups in total. The van der Waals surface area contributed by atoms with Crippen molar-refractivity contribution in [3.05, 3.63) is 34.5 Å². The maximum Gasteiger partial charge on any atom is 0.435 e. The van der Waals surface area contributed by atoms with Gasteiger partial charge < -0.3 is 24.4 Å². The quantitative estimate of drug-likeness (QED) is 0.431. The van der Waals surface area contributed by atoms with Gasteiger partial charge in [0.05, 0.1) is 48.2 Å². The lowest BCUT2D eigenvalue weighted by Crippen LogP contribution is -2.46. The highest BCUT2D eigenvalue weighted by molar-refractivity contribution is 7.16. The Bertz CT molecular complexity index is 1450. The summed E-state index contributed by atoms with van der Waals surface area (Å²) in [6, 6.07) is 1.94. The van der Waals surface area contributed by atoms with Crippen LogP contribution < -0.4 is 10.1 Å². The minimum absolute atomic E-state index is 0.0464. The average molecular weight is 584 g/mol. The number of morpholine rings is 1. The van der Waals surface area contributed by atoms with Crippen molar-refractivity contribution in [3.8, 4) is 16.5 Å². The SMILES string of the molecule is COc1nn(C(=O)OC(C)(C)C)cc1Nc1ncc(C)c(-c2cc3c(s2)C(C)(C)N(CCN2CCOCC2)C3=O)n1. The Balaban J connectivity index is 1.36. The van der Waals surface area contributed by atoms with Crippen molar-refractivity contribution in [1.82, 2.24) is 29.5 Å². The zero-order chi connectivity index (χ0) is 29.5. The number of nitrogens with zero attached hydrogens (tertiary/aromatic N) is 6. The van der Waals surface area contributed by atoms with E-state index in [1.165, 1.54) is 13.3 Å². The summed E-state index contributed by atoms with van der Waals surface area (Å²) in [4.78, 5) is 41.4. The third-order valence-electron chi connectivity index (χ3n) is 7.09. The summed E-state index contributed by atoms with van der Waals surface area (Å²) in [7, 11) is 1.46. The summed E-state index contributed by atoms with van der Waals surface area (Å²) in [6.07, 6.45) is 2.57. The normalized spacial score (nSPS) is 17.0. The lowest BCUT2D eigenvalue weighted by atomic mass is 10.0. The smallest absolute Gasteiger partial charge is 0.435 e. The summed E-state index contributed by atoms with van der Waals surface area (Å²) in [5, 5.41) is 7.28. The molecule has 0 unspecified atom stereocenters. The lowest BCUT2D eigenvalue weighted by molar-refractivity contribution is 0.0263. The molecule has 12 nitrogen and oxygen atoms in total. The van der Waals surface area contributed by atoms with E-state index in [2.05, 4.69) is 34.1 Å². The fourth-order valence-electron chi connectivity index (χ4n) is 4.96. The Morgan fingerprint density at radius 2 is 1.95 bits per heavy atom. The molecule has 5 heterocycles. The topological polar surface area (TPSA) is 124 Å². The number of rotatable bonds is 7. The van der Waals surface area contributed by atoms with E-state index in [0.717, 1.165) is 64.1 Å². The molecule has 1 amide bonds. The molecule has 0 radical (unpaired) electrons. The van der Waals surface area contributed by atoms with Gasteiger partial charge in [0, 0.05) is 37.3 Å². The second kappa shape index (κ2) is 11.0. The second-order valence-corrected chi connectivity index (χ2v) is 12.7. The first kappa shape index (κ1) is 29.0. The van der Waals surface area contributed by atoms with E-state index in [0.29, 0.717) is 18.2 Å². The van der Waals surface area contributed by atoms with Crippen LogP contribution >= 0.6 is 11.3 Å². The highest BCUT2D eigenvalue weighted by atomic mass is 32.1. The van der Waals surface area contributed by atoms with Crippen LogP contribution in [0.1, 0.15) is 55.4 Å². The number of aromatic nitrogens is 4. The Morgan fingerprint density at radius 1 is 1.22 bits per heavy atom. The number of carbonyl (C=O) groups is 2. The molecule has 0 atom stereocenters. The van der Waals surface area contributed by atoms with Crippen LogP contribution in [0.3, 0.4) is 0 Å². The molecule has 1 fully saturated rings. The predicted molar refractivity (Wildman–Crippen MR) is 155 cm³/mol. The Kier molecular flexibility index (Phi) is 7.79. The van der Waals surface area contributed by atoms with Crippen LogP contribution in [0.25, 0.3) is 10.6 Å². The lowest BCUT2D eigenvalue weighted by Gasteiger charge is -2.35. The van der Waals surface area contributed by atoms with E-state index >= 15 is 0 Å². The van der Waals surface area contributed by atoms with E-state index in [4.69, 9.17) is 19.2 Å². The van der Waals surface area contributed by atoms with Gasteiger partial charge in [-0.15, -0.1) is 16.4 Å². The zero-order valence-corrected chi connectivity index (χ0v) is 25.4. The largest absolute Gasteiger partial charge is 0.478 e. The van der Waals surface area contributed by atoms with E-state index in [-0.39, 0.29) is 11.8 Å². The molecule has 2 aliphatic heterocycles. The molecule has 1 saturated heterocycles. The number of carbonyl (C=O) groups excluding carboxylic acids is 2. The van der Waals surface area contributed by atoms with Crippen molar-refractivity contribution in [1.29, 1.82) is 0 Å². The molecule has 0 aliphatic carbocycles. The van der Waals surface area contributed by atoms with Crippen molar-refractivity contribution in [2.45, 2.75) is 52.7 Å². The first-order valence-electron chi connectivity index (χ1n) is 13.6. The van der Waals surface area contributed by atoms with Crippen molar-refractivity contribution in [2.24, 2.45) is 0 Å². The van der Waals surface area contributed by atoms with Gasteiger partial charge in [-0.05, 0) is 53.2 Å². The highest BCUT2D eigenvalue weighted by Gasteiger charge is 2.45. The van der Waals surface area contributed by atoms with Gasteiger partial charge in [0.15, 0.2) is 0 Å². The summed E-state index contributed by atoms with van der Waals surface area (Å²) < 4.78 is 17.3. The van der Waals surface area contributed by atoms with Crippen LogP contribution in [-0.2, 0) is 15.0 Å². The number of hydrogen-bond donors (Lipinski definition) is 1. The van der Waals surface area contributed by atoms with Crippen molar-refractivity contribution in [2.75, 3.05) is 51.8 Å². The number of aryl methyl sites for hydroxylation is 1. The van der Waals surface area contributed by atoms with Crippen LogP contribution in [0.15, 0.2) is 18.5 Å². The fraction of sp³-hybridized carbons (Fsp3) is 0.536. The molecule has 3 aromatic heterocycles. The van der Waals surface area contributed by atoms with E-state index in [1.807, 2.05) is 17.9 Å². The molecule has 13 heteroatoms. The zero-order valence-electron chi connectivity index (χ0n) is 24.6.